The summed E-state index contributed by atoms with van der Waals surface area (Å²) in [6.07, 6.45) is 4.63. The molecule has 0 aliphatic heterocycles. The number of hydrogen-bond acceptors (Lipinski definition) is 2. The van der Waals surface area contributed by atoms with Crippen molar-refractivity contribution in [2.75, 3.05) is 6.61 Å². The number of hydrogen-bond donors (Lipinski definition) is 1. The zero-order chi connectivity index (χ0) is 11.8. The maximum atomic E-state index is 11.5. The van der Waals surface area contributed by atoms with Crippen molar-refractivity contribution < 1.29 is 9.90 Å². The molecule has 16 heavy (non-hydrogen) atoms. The van der Waals surface area contributed by atoms with Crippen molar-refractivity contribution in [2.24, 2.45) is 0 Å². The van der Waals surface area contributed by atoms with E-state index >= 15 is 0 Å². The van der Waals surface area contributed by atoms with Crippen molar-refractivity contribution in [1.82, 2.24) is 0 Å². The second-order valence-corrected chi connectivity index (χ2v) is 3.77. The highest BCUT2D eigenvalue weighted by Crippen LogP contribution is 2.13. The molecular formula is C14H18O2. The second-order valence-electron chi connectivity index (χ2n) is 3.77. The minimum Gasteiger partial charge on any atom is -0.388 e. The van der Waals surface area contributed by atoms with Crippen LogP contribution in [0.15, 0.2) is 35.9 Å². The second kappa shape index (κ2) is 6.96. The molecule has 1 N–H and O–H groups in total. The van der Waals surface area contributed by atoms with Crippen molar-refractivity contribution >= 4 is 11.9 Å². The molecule has 2 nitrogen and oxygen atoms in total. The first-order valence-corrected chi connectivity index (χ1v) is 5.67. The Bertz CT molecular complexity index is 352. The van der Waals surface area contributed by atoms with E-state index in [0.29, 0.717) is 0 Å². The van der Waals surface area contributed by atoms with Crippen molar-refractivity contribution in [3.63, 3.8) is 0 Å². The Morgan fingerprint density at radius 3 is 2.56 bits per heavy atom. The minimum absolute atomic E-state index is 0.169. The average Bonchev–Trinajstić information content (AvgIpc) is 2.34. The molecule has 0 saturated heterocycles. The van der Waals surface area contributed by atoms with Gasteiger partial charge in [-0.3, -0.25) is 4.79 Å². The third-order valence-electron chi connectivity index (χ3n) is 2.44. The minimum atomic E-state index is -0.400. The van der Waals surface area contributed by atoms with E-state index in [1.54, 1.807) is 0 Å². The van der Waals surface area contributed by atoms with Crippen LogP contribution in [0.2, 0.25) is 0 Å². The topological polar surface area (TPSA) is 37.3 Å². The third kappa shape index (κ3) is 3.99. The summed E-state index contributed by atoms with van der Waals surface area (Å²) in [6, 6.07) is 9.73. The van der Waals surface area contributed by atoms with E-state index in [9.17, 15) is 4.79 Å². The smallest absolute Gasteiger partial charge is 0.184 e. The molecular weight excluding hydrogens is 200 g/mol. The Morgan fingerprint density at radius 1 is 1.31 bits per heavy atom. The lowest BCUT2D eigenvalue weighted by molar-refractivity contribution is -0.118. The summed E-state index contributed by atoms with van der Waals surface area (Å²) in [7, 11) is 0. The standard InChI is InChI=1S/C14H18O2/c1-2-3-9-13(14(16)11-15)10-12-7-5-4-6-8-12/h4-8,10,15H,2-3,9,11H2,1H3. The molecule has 0 radical (unpaired) electrons. The third-order valence-corrected chi connectivity index (χ3v) is 2.44. The van der Waals surface area contributed by atoms with Crippen LogP contribution in [0.25, 0.3) is 6.08 Å². The first kappa shape index (κ1) is 12.7. The fourth-order valence-corrected chi connectivity index (χ4v) is 1.51. The van der Waals surface area contributed by atoms with Gasteiger partial charge in [0.2, 0.25) is 0 Å². The molecule has 0 aliphatic rings. The summed E-state index contributed by atoms with van der Waals surface area (Å²) in [5, 5.41) is 8.89. The largest absolute Gasteiger partial charge is 0.388 e. The van der Waals surface area contributed by atoms with Gasteiger partial charge >= 0.3 is 0 Å². The molecule has 1 aromatic rings. The van der Waals surface area contributed by atoms with E-state index in [-0.39, 0.29) is 5.78 Å². The van der Waals surface area contributed by atoms with Gasteiger partial charge in [0.25, 0.3) is 0 Å². The Balaban J connectivity index is 2.83. The zero-order valence-electron chi connectivity index (χ0n) is 9.65. The molecule has 86 valence electrons. The first-order chi connectivity index (χ1) is 7.77. The molecule has 0 amide bonds. The maximum Gasteiger partial charge on any atom is 0.184 e. The van der Waals surface area contributed by atoms with Crippen molar-refractivity contribution in [1.29, 1.82) is 0 Å². The normalized spacial score (nSPS) is 11.5. The number of aliphatic hydroxyl groups is 1. The monoisotopic (exact) mass is 218 g/mol. The number of rotatable bonds is 6. The first-order valence-electron chi connectivity index (χ1n) is 5.67. The van der Waals surface area contributed by atoms with E-state index in [2.05, 4.69) is 6.92 Å². The molecule has 1 aromatic carbocycles. The summed E-state index contributed by atoms with van der Waals surface area (Å²) in [6.45, 7) is 1.69. The molecule has 0 aliphatic carbocycles. The molecule has 0 saturated carbocycles. The molecule has 0 bridgehead atoms. The Hall–Kier alpha value is -1.41. The van der Waals surface area contributed by atoms with Gasteiger partial charge in [0.1, 0.15) is 6.61 Å². The molecule has 0 spiro atoms. The van der Waals surface area contributed by atoms with Crippen LogP contribution in [0.4, 0.5) is 0 Å². The summed E-state index contributed by atoms with van der Waals surface area (Å²) in [5.74, 6) is -0.169. The highest BCUT2D eigenvalue weighted by atomic mass is 16.3. The van der Waals surface area contributed by atoms with Crippen molar-refractivity contribution in [2.45, 2.75) is 26.2 Å². The number of carbonyl (C=O) groups is 1. The molecule has 1 rings (SSSR count). The van der Waals surface area contributed by atoms with Gasteiger partial charge < -0.3 is 5.11 Å². The number of aliphatic hydroxyl groups excluding tert-OH is 1. The highest BCUT2D eigenvalue weighted by Gasteiger charge is 2.07. The van der Waals surface area contributed by atoms with Crippen LogP contribution in [-0.4, -0.2) is 17.5 Å². The van der Waals surface area contributed by atoms with Gasteiger partial charge in [-0.2, -0.15) is 0 Å². The van der Waals surface area contributed by atoms with Crippen LogP contribution in [0.3, 0.4) is 0 Å². The SMILES string of the molecule is CCCCC(=Cc1ccccc1)C(=O)CO. The van der Waals surface area contributed by atoms with Gasteiger partial charge in [-0.1, -0.05) is 43.7 Å². The number of Topliss-reactive ketones (excluding diaryl/α,β-unsaturated/α-hetero) is 1. The van der Waals surface area contributed by atoms with Crippen LogP contribution in [0.1, 0.15) is 31.7 Å². The van der Waals surface area contributed by atoms with Crippen molar-refractivity contribution in [3.8, 4) is 0 Å². The van der Waals surface area contributed by atoms with E-state index < -0.39 is 6.61 Å². The van der Waals surface area contributed by atoms with Crippen molar-refractivity contribution in [3.05, 3.63) is 41.5 Å². The summed E-state index contributed by atoms with van der Waals surface area (Å²) in [4.78, 5) is 11.5. The summed E-state index contributed by atoms with van der Waals surface area (Å²) < 4.78 is 0. The molecule has 0 atom stereocenters. The predicted octanol–water partition coefficient (Wildman–Crippen LogP) is 2.82. The Morgan fingerprint density at radius 2 is 2.00 bits per heavy atom. The molecule has 0 fully saturated rings. The fourth-order valence-electron chi connectivity index (χ4n) is 1.51. The number of unbranched alkanes of at least 4 members (excludes halogenated alkanes) is 1. The van der Waals surface area contributed by atoms with Crippen LogP contribution in [0.5, 0.6) is 0 Å². The van der Waals surface area contributed by atoms with Crippen LogP contribution in [0, 0.1) is 0 Å². The van der Waals surface area contributed by atoms with Crippen LogP contribution >= 0.6 is 0 Å². The van der Waals surface area contributed by atoms with E-state index in [1.807, 2.05) is 36.4 Å². The van der Waals surface area contributed by atoms with E-state index in [1.165, 1.54) is 0 Å². The van der Waals surface area contributed by atoms with E-state index in [0.717, 1.165) is 30.4 Å². The molecule has 0 aromatic heterocycles. The van der Waals surface area contributed by atoms with Gasteiger partial charge in [0.15, 0.2) is 5.78 Å². The highest BCUT2D eigenvalue weighted by molar-refractivity contribution is 6.00. The number of carbonyl (C=O) groups excluding carboxylic acids is 1. The maximum absolute atomic E-state index is 11.5. The number of ketones is 1. The Kier molecular flexibility index (Phi) is 5.51. The average molecular weight is 218 g/mol. The van der Waals surface area contributed by atoms with Gasteiger partial charge in [-0.05, 0) is 30.1 Å². The van der Waals surface area contributed by atoms with Crippen LogP contribution in [-0.2, 0) is 4.79 Å². The van der Waals surface area contributed by atoms with Crippen LogP contribution < -0.4 is 0 Å². The summed E-state index contributed by atoms with van der Waals surface area (Å²) >= 11 is 0. The zero-order valence-corrected chi connectivity index (χ0v) is 9.65. The number of benzene rings is 1. The lowest BCUT2D eigenvalue weighted by atomic mass is 10.0. The molecule has 0 heterocycles. The van der Waals surface area contributed by atoms with Gasteiger partial charge in [0, 0.05) is 0 Å². The van der Waals surface area contributed by atoms with E-state index in [4.69, 9.17) is 5.11 Å². The molecule has 2 heteroatoms. The van der Waals surface area contributed by atoms with Gasteiger partial charge in [-0.15, -0.1) is 0 Å². The lowest BCUT2D eigenvalue weighted by Crippen LogP contribution is -2.07. The Labute approximate surface area is 96.6 Å². The predicted molar refractivity (Wildman–Crippen MR) is 66.0 cm³/mol. The summed E-state index contributed by atoms with van der Waals surface area (Å²) in [5.41, 5.74) is 1.73. The lowest BCUT2D eigenvalue weighted by Gasteiger charge is -2.04. The molecule has 0 unspecified atom stereocenters. The quantitative estimate of drug-likeness (QED) is 0.745. The van der Waals surface area contributed by atoms with Gasteiger partial charge in [-0.25, -0.2) is 0 Å². The fraction of sp³-hybridized carbons (Fsp3) is 0.357. The van der Waals surface area contributed by atoms with Gasteiger partial charge in [0.05, 0.1) is 0 Å².